The molecule has 1 aromatic heterocycles. The third kappa shape index (κ3) is 1.08. The molecule has 0 aliphatic carbocycles. The first-order chi connectivity index (χ1) is 3.93. The second-order valence-corrected chi connectivity index (χ2v) is 2.43. The average Bonchev–Trinajstić information content (AvgIpc) is 2.19. The number of rotatable bonds is 1. The van der Waals surface area contributed by atoms with E-state index in [2.05, 4.69) is 4.85 Å². The van der Waals surface area contributed by atoms with E-state index in [1.807, 2.05) is 17.5 Å². The largest absolute Gasteiger partial charge is 0.311 e. The summed E-state index contributed by atoms with van der Waals surface area (Å²) in [5, 5.41) is 1.99. The van der Waals surface area contributed by atoms with Gasteiger partial charge in [0.2, 0.25) is 6.54 Å². The molecule has 0 aliphatic heterocycles. The Morgan fingerprint density at radius 2 is 2.62 bits per heavy atom. The van der Waals surface area contributed by atoms with Gasteiger partial charge in [-0.25, -0.2) is 6.57 Å². The Bertz CT molecular complexity index is 183. The van der Waals surface area contributed by atoms with E-state index in [0.29, 0.717) is 6.54 Å². The van der Waals surface area contributed by atoms with Crippen LogP contribution in [0.5, 0.6) is 0 Å². The summed E-state index contributed by atoms with van der Waals surface area (Å²) < 4.78 is 0. The van der Waals surface area contributed by atoms with Crippen LogP contribution in [0.15, 0.2) is 17.5 Å². The summed E-state index contributed by atoms with van der Waals surface area (Å²) >= 11 is 1.63. The lowest BCUT2D eigenvalue weighted by Crippen LogP contribution is -1.63. The van der Waals surface area contributed by atoms with Crippen LogP contribution in [0.25, 0.3) is 4.85 Å². The third-order valence-electron chi connectivity index (χ3n) is 0.815. The summed E-state index contributed by atoms with van der Waals surface area (Å²) in [5.74, 6) is 0. The zero-order chi connectivity index (χ0) is 5.82. The molecule has 0 spiro atoms. The van der Waals surface area contributed by atoms with E-state index in [0.717, 1.165) is 4.88 Å². The van der Waals surface area contributed by atoms with Crippen molar-refractivity contribution in [2.24, 2.45) is 0 Å². The van der Waals surface area contributed by atoms with Gasteiger partial charge in [0.05, 0.1) is 4.88 Å². The van der Waals surface area contributed by atoms with E-state index in [-0.39, 0.29) is 0 Å². The van der Waals surface area contributed by atoms with E-state index in [4.69, 9.17) is 6.57 Å². The first-order valence-corrected chi connectivity index (χ1v) is 3.17. The smallest absolute Gasteiger partial charge is 0.248 e. The molecule has 0 saturated heterocycles. The van der Waals surface area contributed by atoms with Gasteiger partial charge >= 0.3 is 0 Å². The zero-order valence-electron chi connectivity index (χ0n) is 4.29. The number of hydrogen-bond donors (Lipinski definition) is 0. The van der Waals surface area contributed by atoms with E-state index in [1.54, 1.807) is 11.3 Å². The van der Waals surface area contributed by atoms with Gasteiger partial charge in [-0.2, -0.15) is 0 Å². The number of nitrogens with zero attached hydrogens (tertiary/aromatic N) is 1. The van der Waals surface area contributed by atoms with Crippen LogP contribution >= 0.6 is 11.3 Å². The summed E-state index contributed by atoms with van der Waals surface area (Å²) in [5.41, 5.74) is 0. The summed E-state index contributed by atoms with van der Waals surface area (Å²) in [6.45, 7) is 7.05. The molecule has 0 bridgehead atoms. The lowest BCUT2D eigenvalue weighted by molar-refractivity contribution is 1.34. The molecule has 1 rings (SSSR count). The monoisotopic (exact) mass is 123 g/mol. The minimum absolute atomic E-state index is 0.539. The van der Waals surface area contributed by atoms with Gasteiger partial charge in [-0.3, -0.25) is 0 Å². The normalized spacial score (nSPS) is 8.38. The van der Waals surface area contributed by atoms with Crippen molar-refractivity contribution in [1.82, 2.24) is 0 Å². The predicted octanol–water partition coefficient (Wildman–Crippen LogP) is 2.17. The van der Waals surface area contributed by atoms with Gasteiger partial charge < -0.3 is 4.85 Å². The topological polar surface area (TPSA) is 4.36 Å². The van der Waals surface area contributed by atoms with Gasteiger partial charge in [-0.15, -0.1) is 11.3 Å². The van der Waals surface area contributed by atoms with E-state index < -0.39 is 0 Å². The van der Waals surface area contributed by atoms with E-state index >= 15 is 0 Å². The van der Waals surface area contributed by atoms with Crippen molar-refractivity contribution in [3.8, 4) is 0 Å². The Kier molecular flexibility index (Phi) is 1.66. The van der Waals surface area contributed by atoms with Gasteiger partial charge in [-0.05, 0) is 11.4 Å². The van der Waals surface area contributed by atoms with Crippen LogP contribution in [0, 0.1) is 6.57 Å². The van der Waals surface area contributed by atoms with Crippen LogP contribution in [-0.4, -0.2) is 0 Å². The maximum Gasteiger partial charge on any atom is 0.248 e. The number of thiophene rings is 1. The van der Waals surface area contributed by atoms with Crippen molar-refractivity contribution in [2.45, 2.75) is 6.54 Å². The molecule has 40 valence electrons. The molecule has 1 aromatic rings. The molecule has 0 unspecified atom stereocenters. The van der Waals surface area contributed by atoms with Crippen LogP contribution in [0.3, 0.4) is 0 Å². The summed E-state index contributed by atoms with van der Waals surface area (Å²) in [4.78, 5) is 4.39. The van der Waals surface area contributed by atoms with Crippen molar-refractivity contribution >= 4 is 11.3 Å². The van der Waals surface area contributed by atoms with Crippen LogP contribution in [0.1, 0.15) is 4.88 Å². The molecule has 1 nitrogen and oxygen atoms in total. The van der Waals surface area contributed by atoms with E-state index in [1.165, 1.54) is 0 Å². The molecule has 1 heterocycles. The molecule has 8 heavy (non-hydrogen) atoms. The molecule has 0 aromatic carbocycles. The first-order valence-electron chi connectivity index (χ1n) is 2.29. The maximum absolute atomic E-state index is 6.51. The van der Waals surface area contributed by atoms with Gasteiger partial charge in [0.1, 0.15) is 0 Å². The number of hydrogen-bond acceptors (Lipinski definition) is 1. The first kappa shape index (κ1) is 5.33. The Balaban J connectivity index is 2.67. The van der Waals surface area contributed by atoms with Gasteiger partial charge in [0.15, 0.2) is 0 Å². The van der Waals surface area contributed by atoms with Crippen LogP contribution in [-0.2, 0) is 6.54 Å². The fourth-order valence-electron chi connectivity index (χ4n) is 0.480. The van der Waals surface area contributed by atoms with Crippen LogP contribution in [0.2, 0.25) is 0 Å². The molecular weight excluding hydrogens is 118 g/mol. The lowest BCUT2D eigenvalue weighted by Gasteiger charge is -1.74. The highest BCUT2D eigenvalue weighted by Crippen LogP contribution is 2.08. The van der Waals surface area contributed by atoms with Crippen molar-refractivity contribution in [3.05, 3.63) is 33.8 Å². The van der Waals surface area contributed by atoms with Gasteiger partial charge in [0, 0.05) is 0 Å². The predicted molar refractivity (Wildman–Crippen MR) is 34.6 cm³/mol. The highest BCUT2D eigenvalue weighted by molar-refractivity contribution is 7.09. The van der Waals surface area contributed by atoms with Crippen LogP contribution < -0.4 is 0 Å². The molecular formula is C6H5NS. The van der Waals surface area contributed by atoms with Crippen molar-refractivity contribution in [2.75, 3.05) is 0 Å². The molecule has 0 saturated carbocycles. The summed E-state index contributed by atoms with van der Waals surface area (Å²) in [7, 11) is 0. The second-order valence-electron chi connectivity index (χ2n) is 1.40. The molecule has 0 aliphatic rings. The average molecular weight is 123 g/mol. The highest BCUT2D eigenvalue weighted by Gasteiger charge is 1.90. The van der Waals surface area contributed by atoms with Gasteiger partial charge in [0.25, 0.3) is 0 Å². The Morgan fingerprint density at radius 1 is 1.75 bits per heavy atom. The quantitative estimate of drug-likeness (QED) is 0.504. The molecule has 0 radical (unpaired) electrons. The zero-order valence-corrected chi connectivity index (χ0v) is 5.11. The van der Waals surface area contributed by atoms with Gasteiger partial charge in [-0.1, -0.05) is 6.07 Å². The van der Waals surface area contributed by atoms with Crippen molar-refractivity contribution in [3.63, 3.8) is 0 Å². The maximum atomic E-state index is 6.51. The molecule has 0 fully saturated rings. The molecule has 0 amide bonds. The fraction of sp³-hybridized carbons (Fsp3) is 0.167. The second kappa shape index (κ2) is 2.49. The Hall–Kier alpha value is -0.810. The molecule has 0 N–H and O–H groups in total. The van der Waals surface area contributed by atoms with Crippen LogP contribution in [0.4, 0.5) is 0 Å². The molecule has 2 heteroatoms. The highest BCUT2D eigenvalue weighted by atomic mass is 32.1. The van der Waals surface area contributed by atoms with E-state index in [9.17, 15) is 0 Å². The summed E-state index contributed by atoms with van der Waals surface area (Å²) in [6.07, 6.45) is 0. The minimum Gasteiger partial charge on any atom is -0.311 e. The SMILES string of the molecule is [C-]#[N+]Cc1cccs1. The third-order valence-corrected chi connectivity index (χ3v) is 1.68. The van der Waals surface area contributed by atoms with Crippen molar-refractivity contribution in [1.29, 1.82) is 0 Å². The minimum atomic E-state index is 0.539. The Labute approximate surface area is 52.4 Å². The summed E-state index contributed by atoms with van der Waals surface area (Å²) in [6, 6.07) is 3.94. The standard InChI is InChI=1S/C6H5NS/c1-7-5-6-3-2-4-8-6/h2-4H,5H2. The van der Waals surface area contributed by atoms with Crippen molar-refractivity contribution < 1.29 is 0 Å². The lowest BCUT2D eigenvalue weighted by atomic mass is 10.5. The molecule has 0 atom stereocenters. The Morgan fingerprint density at radius 3 is 3.12 bits per heavy atom. The fourth-order valence-corrected chi connectivity index (χ4v) is 1.11.